The second-order valence-corrected chi connectivity index (χ2v) is 6.52. The number of hydrogen-bond acceptors (Lipinski definition) is 3. The fourth-order valence-corrected chi connectivity index (χ4v) is 3.11. The average molecular weight is 422 g/mol. The first kappa shape index (κ1) is 16.8. The van der Waals surface area contributed by atoms with Crippen LogP contribution in [-0.2, 0) is 13.3 Å². The van der Waals surface area contributed by atoms with Gasteiger partial charge in [0.05, 0.1) is 34.6 Å². The Kier molecular flexibility index (Phi) is 4.23. The van der Waals surface area contributed by atoms with Gasteiger partial charge in [0.1, 0.15) is 11.6 Å². The molecule has 0 saturated heterocycles. The number of aromatic nitrogens is 5. The van der Waals surface area contributed by atoms with E-state index in [4.69, 9.17) is 0 Å². The lowest BCUT2D eigenvalue weighted by molar-refractivity contribution is 0.387. The third kappa shape index (κ3) is 2.88. The first-order valence-corrected chi connectivity index (χ1v) is 8.37. The SMILES string of the molecule is FCn1c(-c2cncc(Cn3cncc3F)c2)nc2cc(F)c(Br)cc21. The van der Waals surface area contributed by atoms with Gasteiger partial charge in [-0.25, -0.2) is 18.7 Å². The molecule has 5 nitrogen and oxygen atoms in total. The molecule has 26 heavy (non-hydrogen) atoms. The Labute approximate surface area is 154 Å². The van der Waals surface area contributed by atoms with E-state index in [1.54, 1.807) is 12.3 Å². The summed E-state index contributed by atoms with van der Waals surface area (Å²) in [4.78, 5) is 12.2. The molecule has 0 atom stereocenters. The van der Waals surface area contributed by atoms with Gasteiger partial charge in [0.25, 0.3) is 0 Å². The van der Waals surface area contributed by atoms with Crippen molar-refractivity contribution in [1.82, 2.24) is 24.1 Å². The molecule has 0 amide bonds. The molecule has 0 aliphatic rings. The fraction of sp³-hybridized carbons (Fsp3) is 0.118. The van der Waals surface area contributed by atoms with Crippen LogP contribution in [0.2, 0.25) is 0 Å². The molecule has 0 unspecified atom stereocenters. The van der Waals surface area contributed by atoms with Crippen molar-refractivity contribution >= 4 is 27.0 Å². The van der Waals surface area contributed by atoms with Gasteiger partial charge in [-0.15, -0.1) is 0 Å². The lowest BCUT2D eigenvalue weighted by Gasteiger charge is -2.07. The Morgan fingerprint density at radius 3 is 2.62 bits per heavy atom. The number of fused-ring (bicyclic) bond motifs is 1. The number of halogens is 4. The van der Waals surface area contributed by atoms with E-state index in [1.807, 2.05) is 0 Å². The Morgan fingerprint density at radius 2 is 1.88 bits per heavy atom. The number of nitrogens with zero attached hydrogens (tertiary/aromatic N) is 5. The van der Waals surface area contributed by atoms with Crippen molar-refractivity contribution < 1.29 is 13.2 Å². The summed E-state index contributed by atoms with van der Waals surface area (Å²) in [5.41, 5.74) is 2.05. The molecule has 0 aliphatic heterocycles. The monoisotopic (exact) mass is 421 g/mol. The van der Waals surface area contributed by atoms with Gasteiger partial charge in [-0.2, -0.15) is 4.39 Å². The molecule has 3 heterocycles. The predicted octanol–water partition coefficient (Wildman–Crippen LogP) is 4.31. The van der Waals surface area contributed by atoms with Crippen LogP contribution in [0.25, 0.3) is 22.4 Å². The van der Waals surface area contributed by atoms with Crippen LogP contribution in [0.4, 0.5) is 13.2 Å². The Balaban J connectivity index is 1.80. The van der Waals surface area contributed by atoms with Crippen LogP contribution >= 0.6 is 15.9 Å². The molecule has 0 spiro atoms. The lowest BCUT2D eigenvalue weighted by atomic mass is 10.2. The molecule has 0 bridgehead atoms. The third-order valence-corrected chi connectivity index (χ3v) is 4.59. The van der Waals surface area contributed by atoms with Gasteiger partial charge < -0.3 is 4.57 Å². The highest BCUT2D eigenvalue weighted by Crippen LogP contribution is 2.29. The summed E-state index contributed by atoms with van der Waals surface area (Å²) in [5, 5.41) is 0. The molecular formula is C17H11BrF3N5. The number of hydrogen-bond donors (Lipinski definition) is 0. The van der Waals surface area contributed by atoms with Crippen molar-refractivity contribution in [2.75, 3.05) is 0 Å². The van der Waals surface area contributed by atoms with Crippen LogP contribution in [-0.4, -0.2) is 24.1 Å². The van der Waals surface area contributed by atoms with Crippen molar-refractivity contribution in [2.45, 2.75) is 13.3 Å². The van der Waals surface area contributed by atoms with Crippen LogP contribution in [0.1, 0.15) is 5.56 Å². The Hall–Kier alpha value is -2.68. The number of rotatable bonds is 4. The van der Waals surface area contributed by atoms with Crippen molar-refractivity contribution in [2.24, 2.45) is 0 Å². The van der Waals surface area contributed by atoms with E-state index >= 15 is 0 Å². The van der Waals surface area contributed by atoms with E-state index in [0.717, 1.165) is 6.20 Å². The van der Waals surface area contributed by atoms with Crippen LogP contribution in [0.5, 0.6) is 0 Å². The summed E-state index contributed by atoms with van der Waals surface area (Å²) in [6.07, 6.45) is 5.61. The standard InChI is InChI=1S/C17H11BrF3N5/c18-12-2-15-14(3-13(12)20)24-17(26(15)8-19)11-1-10(4-22-5-11)7-25-9-23-6-16(25)21/h1-6,9H,7-8H2. The number of imidazole rings is 2. The highest BCUT2D eigenvalue weighted by molar-refractivity contribution is 9.10. The fourth-order valence-electron chi connectivity index (χ4n) is 2.78. The maximum absolute atomic E-state index is 13.8. The minimum Gasteiger partial charge on any atom is -0.303 e. The largest absolute Gasteiger partial charge is 0.303 e. The van der Waals surface area contributed by atoms with Crippen molar-refractivity contribution in [1.29, 1.82) is 0 Å². The zero-order valence-electron chi connectivity index (χ0n) is 13.2. The van der Waals surface area contributed by atoms with Crippen molar-refractivity contribution in [3.05, 3.63) is 64.9 Å². The molecule has 4 rings (SSSR count). The molecule has 0 fully saturated rings. The predicted molar refractivity (Wildman–Crippen MR) is 93.0 cm³/mol. The summed E-state index contributed by atoms with van der Waals surface area (Å²) in [6.45, 7) is -0.604. The van der Waals surface area contributed by atoms with E-state index in [2.05, 4.69) is 30.9 Å². The first-order valence-electron chi connectivity index (χ1n) is 7.58. The highest BCUT2D eigenvalue weighted by Gasteiger charge is 2.16. The molecule has 0 aliphatic carbocycles. The van der Waals surface area contributed by atoms with Gasteiger partial charge >= 0.3 is 0 Å². The van der Waals surface area contributed by atoms with Gasteiger partial charge in [-0.1, -0.05) is 0 Å². The van der Waals surface area contributed by atoms with Gasteiger partial charge in [-0.3, -0.25) is 9.55 Å². The third-order valence-electron chi connectivity index (χ3n) is 3.98. The minimum absolute atomic E-state index is 0.225. The van der Waals surface area contributed by atoms with Crippen LogP contribution in [0, 0.1) is 11.8 Å². The summed E-state index contributed by atoms with van der Waals surface area (Å²) in [5.74, 6) is -0.623. The topological polar surface area (TPSA) is 48.5 Å². The number of alkyl halides is 1. The molecular weight excluding hydrogens is 411 g/mol. The lowest BCUT2D eigenvalue weighted by Crippen LogP contribution is -2.02. The van der Waals surface area contributed by atoms with Crippen LogP contribution < -0.4 is 0 Å². The van der Waals surface area contributed by atoms with E-state index in [9.17, 15) is 13.2 Å². The van der Waals surface area contributed by atoms with E-state index in [-0.39, 0.29) is 11.0 Å². The maximum Gasteiger partial charge on any atom is 0.213 e. The molecule has 4 aromatic rings. The minimum atomic E-state index is -0.829. The summed E-state index contributed by atoms with van der Waals surface area (Å²) in [7, 11) is 0. The van der Waals surface area contributed by atoms with Gasteiger partial charge in [0, 0.05) is 24.0 Å². The number of benzene rings is 1. The van der Waals surface area contributed by atoms with E-state index in [0.29, 0.717) is 28.0 Å². The van der Waals surface area contributed by atoms with E-state index in [1.165, 1.54) is 33.8 Å². The molecule has 1 aromatic carbocycles. The molecule has 0 saturated carbocycles. The summed E-state index contributed by atoms with van der Waals surface area (Å²) in [6, 6.07) is 4.47. The van der Waals surface area contributed by atoms with Crippen LogP contribution in [0.15, 0.2) is 47.6 Å². The Morgan fingerprint density at radius 1 is 1.04 bits per heavy atom. The quantitative estimate of drug-likeness (QED) is 0.493. The van der Waals surface area contributed by atoms with Crippen molar-refractivity contribution in [3.63, 3.8) is 0 Å². The summed E-state index contributed by atoms with van der Waals surface area (Å²) < 4.78 is 43.9. The molecule has 0 N–H and O–H groups in total. The van der Waals surface area contributed by atoms with Gasteiger partial charge in [0.2, 0.25) is 5.95 Å². The molecule has 9 heteroatoms. The normalized spacial score (nSPS) is 11.4. The molecule has 3 aromatic heterocycles. The zero-order chi connectivity index (χ0) is 18.3. The van der Waals surface area contributed by atoms with E-state index < -0.39 is 18.6 Å². The van der Waals surface area contributed by atoms with Gasteiger partial charge in [0.15, 0.2) is 6.80 Å². The second-order valence-electron chi connectivity index (χ2n) is 5.66. The smallest absolute Gasteiger partial charge is 0.213 e. The molecule has 132 valence electrons. The maximum atomic E-state index is 13.8. The number of pyridine rings is 1. The highest BCUT2D eigenvalue weighted by atomic mass is 79.9. The Bertz CT molecular complexity index is 1110. The average Bonchev–Trinajstić information content (AvgIpc) is 3.19. The second kappa shape index (κ2) is 6.56. The van der Waals surface area contributed by atoms with Gasteiger partial charge in [-0.05, 0) is 33.6 Å². The van der Waals surface area contributed by atoms with Crippen molar-refractivity contribution in [3.8, 4) is 11.4 Å². The first-order chi connectivity index (χ1) is 12.6. The summed E-state index contributed by atoms with van der Waals surface area (Å²) >= 11 is 3.10. The molecule has 0 radical (unpaired) electrons. The zero-order valence-corrected chi connectivity index (χ0v) is 14.8. The van der Waals surface area contributed by atoms with Crippen LogP contribution in [0.3, 0.4) is 0 Å².